The second kappa shape index (κ2) is 5.88. The van der Waals surface area contributed by atoms with E-state index in [2.05, 4.69) is 5.43 Å². The summed E-state index contributed by atoms with van der Waals surface area (Å²) < 4.78 is 13.3. The van der Waals surface area contributed by atoms with Crippen LogP contribution in [0.3, 0.4) is 0 Å². The second-order valence-electron chi connectivity index (χ2n) is 4.25. The van der Waals surface area contributed by atoms with E-state index < -0.39 is 0 Å². The molecule has 0 saturated heterocycles. The fraction of sp³-hybridized carbons (Fsp3) is 0.143. The first-order valence-corrected chi connectivity index (χ1v) is 6.46. The smallest absolute Gasteiger partial charge is 0.126 e. The molecule has 0 radical (unpaired) electrons. The third kappa shape index (κ3) is 2.90. The zero-order valence-electron chi connectivity index (χ0n) is 10.3. The predicted octanol–water partition coefficient (Wildman–Crippen LogP) is 3.99. The van der Waals surface area contributed by atoms with E-state index in [0.717, 1.165) is 11.1 Å². The van der Waals surface area contributed by atoms with Crippen LogP contribution >= 0.6 is 23.2 Å². The van der Waals surface area contributed by atoms with E-state index >= 15 is 0 Å². The van der Waals surface area contributed by atoms with Crippen LogP contribution in [0.1, 0.15) is 22.7 Å². The molecule has 2 aromatic rings. The van der Waals surface area contributed by atoms with Crippen molar-refractivity contribution in [3.05, 3.63) is 69.0 Å². The molecule has 2 nitrogen and oxygen atoms in total. The van der Waals surface area contributed by atoms with Gasteiger partial charge in [0.2, 0.25) is 0 Å². The number of benzene rings is 2. The maximum atomic E-state index is 13.3. The summed E-state index contributed by atoms with van der Waals surface area (Å²) in [6.07, 6.45) is 0. The number of nitrogens with one attached hydrogen (secondary N) is 1. The molecule has 3 N–H and O–H groups in total. The normalized spacial score (nSPS) is 12.5. The first-order chi connectivity index (χ1) is 9.04. The maximum Gasteiger partial charge on any atom is 0.126 e. The topological polar surface area (TPSA) is 38.0 Å². The Morgan fingerprint density at radius 3 is 2.58 bits per heavy atom. The van der Waals surface area contributed by atoms with Gasteiger partial charge in [-0.05, 0) is 35.7 Å². The van der Waals surface area contributed by atoms with Crippen LogP contribution in [0, 0.1) is 12.7 Å². The Labute approximate surface area is 121 Å². The lowest BCUT2D eigenvalue weighted by Gasteiger charge is -2.19. The highest BCUT2D eigenvalue weighted by Gasteiger charge is 2.17. The minimum Gasteiger partial charge on any atom is -0.271 e. The molecule has 19 heavy (non-hydrogen) atoms. The zero-order chi connectivity index (χ0) is 14.0. The molecule has 2 aromatic carbocycles. The van der Waals surface area contributed by atoms with Crippen molar-refractivity contribution in [1.29, 1.82) is 0 Å². The van der Waals surface area contributed by atoms with E-state index in [1.807, 2.05) is 6.07 Å². The van der Waals surface area contributed by atoms with Gasteiger partial charge in [-0.25, -0.2) is 9.82 Å². The van der Waals surface area contributed by atoms with Gasteiger partial charge in [-0.15, -0.1) is 0 Å². The van der Waals surface area contributed by atoms with Gasteiger partial charge in [-0.2, -0.15) is 0 Å². The van der Waals surface area contributed by atoms with Crippen LogP contribution in [0.2, 0.25) is 10.0 Å². The fourth-order valence-corrected chi connectivity index (χ4v) is 2.37. The van der Waals surface area contributed by atoms with Crippen LogP contribution in [0.5, 0.6) is 0 Å². The van der Waals surface area contributed by atoms with Gasteiger partial charge < -0.3 is 0 Å². The lowest BCUT2D eigenvalue weighted by molar-refractivity contribution is 0.608. The highest BCUT2D eigenvalue weighted by atomic mass is 35.5. The average Bonchev–Trinajstić information content (AvgIpc) is 2.39. The van der Waals surface area contributed by atoms with Crippen molar-refractivity contribution in [2.75, 3.05) is 0 Å². The molecule has 0 amide bonds. The Kier molecular flexibility index (Phi) is 4.42. The maximum absolute atomic E-state index is 13.3. The third-order valence-corrected chi connectivity index (χ3v) is 3.81. The van der Waals surface area contributed by atoms with Crippen molar-refractivity contribution < 1.29 is 4.39 Å². The van der Waals surface area contributed by atoms with Gasteiger partial charge in [0.15, 0.2) is 0 Å². The molecule has 0 spiro atoms. The monoisotopic (exact) mass is 298 g/mol. The molecule has 1 atom stereocenters. The van der Waals surface area contributed by atoms with Gasteiger partial charge in [0, 0.05) is 0 Å². The molecular formula is C14H13Cl2FN2. The summed E-state index contributed by atoms with van der Waals surface area (Å²) in [4.78, 5) is 0. The fourth-order valence-electron chi connectivity index (χ4n) is 1.96. The van der Waals surface area contributed by atoms with Crippen LogP contribution in [0.25, 0.3) is 0 Å². The van der Waals surface area contributed by atoms with E-state index in [-0.39, 0.29) is 11.9 Å². The quantitative estimate of drug-likeness (QED) is 0.664. The molecule has 0 heterocycles. The molecule has 0 saturated carbocycles. The van der Waals surface area contributed by atoms with E-state index in [4.69, 9.17) is 29.0 Å². The molecule has 0 aliphatic rings. The van der Waals surface area contributed by atoms with Crippen LogP contribution in [0.15, 0.2) is 36.4 Å². The van der Waals surface area contributed by atoms with E-state index in [9.17, 15) is 4.39 Å². The largest absolute Gasteiger partial charge is 0.271 e. The Morgan fingerprint density at radius 1 is 1.21 bits per heavy atom. The van der Waals surface area contributed by atoms with Gasteiger partial charge in [-0.1, -0.05) is 47.5 Å². The Morgan fingerprint density at radius 2 is 1.95 bits per heavy atom. The standard InChI is InChI=1S/C14H13Cl2FN2/c1-8-7-9(5-6-12(8)17)14(19-18)10-3-2-4-11(15)13(10)16/h2-7,14,19H,18H2,1H3. The number of hydrazine groups is 1. The van der Waals surface area contributed by atoms with Gasteiger partial charge in [0.25, 0.3) is 0 Å². The molecule has 2 rings (SSSR count). The molecule has 0 fully saturated rings. The SMILES string of the molecule is Cc1cc(C(NN)c2cccc(Cl)c2Cl)ccc1F. The second-order valence-corrected chi connectivity index (χ2v) is 5.04. The predicted molar refractivity (Wildman–Crippen MR) is 76.8 cm³/mol. The minimum atomic E-state index is -0.342. The Hall–Kier alpha value is -1.13. The number of nitrogens with two attached hydrogens (primary N) is 1. The summed E-state index contributed by atoms with van der Waals surface area (Å²) in [7, 11) is 0. The van der Waals surface area contributed by atoms with E-state index in [0.29, 0.717) is 15.6 Å². The Balaban J connectivity index is 2.50. The molecular weight excluding hydrogens is 286 g/mol. The van der Waals surface area contributed by atoms with Crippen molar-refractivity contribution in [1.82, 2.24) is 5.43 Å². The van der Waals surface area contributed by atoms with Gasteiger partial charge in [-0.3, -0.25) is 5.84 Å². The summed E-state index contributed by atoms with van der Waals surface area (Å²) in [5.74, 6) is 5.35. The van der Waals surface area contributed by atoms with Crippen LogP contribution in [-0.2, 0) is 0 Å². The molecule has 0 aromatic heterocycles. The van der Waals surface area contributed by atoms with Crippen LogP contribution < -0.4 is 11.3 Å². The molecule has 0 aliphatic carbocycles. The van der Waals surface area contributed by atoms with Crippen molar-refractivity contribution in [3.8, 4) is 0 Å². The number of rotatable bonds is 3. The van der Waals surface area contributed by atoms with Crippen LogP contribution in [-0.4, -0.2) is 0 Å². The zero-order valence-corrected chi connectivity index (χ0v) is 11.8. The third-order valence-electron chi connectivity index (χ3n) is 2.97. The molecule has 0 aliphatic heterocycles. The van der Waals surface area contributed by atoms with Crippen molar-refractivity contribution >= 4 is 23.2 Å². The van der Waals surface area contributed by atoms with Crippen molar-refractivity contribution in [2.45, 2.75) is 13.0 Å². The molecule has 5 heteroatoms. The molecule has 0 bridgehead atoms. The molecule has 1 unspecified atom stereocenters. The first kappa shape index (κ1) is 14.3. The lowest BCUT2D eigenvalue weighted by atomic mass is 9.97. The number of aryl methyl sites for hydroxylation is 1. The van der Waals surface area contributed by atoms with Gasteiger partial charge >= 0.3 is 0 Å². The number of halogens is 3. The summed E-state index contributed by atoms with van der Waals surface area (Å²) in [5, 5.41) is 0.896. The number of hydrogen-bond donors (Lipinski definition) is 2. The highest BCUT2D eigenvalue weighted by molar-refractivity contribution is 6.42. The van der Waals surface area contributed by atoms with Gasteiger partial charge in [0.1, 0.15) is 5.82 Å². The van der Waals surface area contributed by atoms with Crippen molar-refractivity contribution in [3.63, 3.8) is 0 Å². The summed E-state index contributed by atoms with van der Waals surface area (Å²) in [6.45, 7) is 1.70. The minimum absolute atomic E-state index is 0.253. The highest BCUT2D eigenvalue weighted by Crippen LogP contribution is 2.33. The first-order valence-electron chi connectivity index (χ1n) is 5.70. The average molecular weight is 299 g/mol. The van der Waals surface area contributed by atoms with Gasteiger partial charge in [0.05, 0.1) is 16.1 Å². The Bertz CT molecular complexity index is 602. The van der Waals surface area contributed by atoms with Crippen LogP contribution in [0.4, 0.5) is 4.39 Å². The van der Waals surface area contributed by atoms with Crippen molar-refractivity contribution in [2.24, 2.45) is 5.84 Å². The van der Waals surface area contributed by atoms with E-state index in [1.54, 1.807) is 31.2 Å². The summed E-state index contributed by atoms with van der Waals surface area (Å²) in [5.41, 5.74) is 4.81. The van der Waals surface area contributed by atoms with E-state index in [1.165, 1.54) is 6.07 Å². The summed E-state index contributed by atoms with van der Waals surface area (Å²) >= 11 is 12.2. The number of hydrogen-bond acceptors (Lipinski definition) is 2. The lowest BCUT2D eigenvalue weighted by Crippen LogP contribution is -2.29. The molecule has 100 valence electrons. The summed E-state index contributed by atoms with van der Waals surface area (Å²) in [6, 6.07) is 9.80.